The fourth-order valence-corrected chi connectivity index (χ4v) is 3.41. The molecule has 1 atom stereocenters. The van der Waals surface area contributed by atoms with Gasteiger partial charge in [-0.3, -0.25) is 0 Å². The van der Waals surface area contributed by atoms with Gasteiger partial charge in [0, 0.05) is 6.54 Å². The molecule has 3 rings (SSSR count). The summed E-state index contributed by atoms with van der Waals surface area (Å²) in [6, 6.07) is 19.3. The molecule has 0 spiro atoms. The summed E-state index contributed by atoms with van der Waals surface area (Å²) < 4.78 is 5.49. The Morgan fingerprint density at radius 1 is 1.08 bits per heavy atom. The second-order valence-electron chi connectivity index (χ2n) is 6.84. The Morgan fingerprint density at radius 3 is 2.46 bits per heavy atom. The lowest BCUT2D eigenvalue weighted by Gasteiger charge is -2.29. The predicted molar refractivity (Wildman–Crippen MR) is 109 cm³/mol. The number of benzene rings is 2. The molecular weight excluding hydrogens is 342 g/mol. The van der Waals surface area contributed by atoms with Gasteiger partial charge in [-0.15, -0.1) is 0 Å². The van der Waals surface area contributed by atoms with E-state index < -0.39 is 0 Å². The summed E-state index contributed by atoms with van der Waals surface area (Å²) >= 11 is 5.57. The maximum absolute atomic E-state index is 5.57. The van der Waals surface area contributed by atoms with Crippen molar-refractivity contribution in [1.29, 1.82) is 0 Å². The topological polar surface area (TPSA) is 37.7 Å². The van der Waals surface area contributed by atoms with Gasteiger partial charge < -0.3 is 20.3 Å². The van der Waals surface area contributed by atoms with E-state index in [2.05, 4.69) is 54.0 Å². The first-order valence-corrected chi connectivity index (χ1v) is 9.68. The molecule has 0 radical (unpaired) electrons. The van der Waals surface area contributed by atoms with Gasteiger partial charge in [0.05, 0.1) is 13.2 Å². The molecule has 138 valence electrons. The molecule has 0 bridgehead atoms. The van der Waals surface area contributed by atoms with Crippen LogP contribution in [0.1, 0.15) is 22.7 Å². The van der Waals surface area contributed by atoms with Crippen molar-refractivity contribution in [2.45, 2.75) is 19.5 Å². The number of morpholine rings is 1. The van der Waals surface area contributed by atoms with Crippen LogP contribution in [0.4, 0.5) is 0 Å². The van der Waals surface area contributed by atoms with Crippen LogP contribution in [0.15, 0.2) is 54.6 Å². The smallest absolute Gasteiger partial charge is 0.167 e. The summed E-state index contributed by atoms with van der Waals surface area (Å²) in [7, 11) is 0. The number of hydrogen-bond acceptors (Lipinski definition) is 2. The van der Waals surface area contributed by atoms with Gasteiger partial charge in [-0.2, -0.15) is 0 Å². The lowest BCUT2D eigenvalue weighted by Crippen LogP contribution is -3.14. The van der Waals surface area contributed by atoms with Gasteiger partial charge in [0.15, 0.2) is 5.11 Å². The number of nitrogens with one attached hydrogen (secondary N) is 3. The largest absolute Gasteiger partial charge is 0.370 e. The van der Waals surface area contributed by atoms with E-state index in [9.17, 15) is 0 Å². The van der Waals surface area contributed by atoms with Crippen molar-refractivity contribution < 1.29 is 9.64 Å². The minimum Gasteiger partial charge on any atom is -0.370 e. The molecule has 1 heterocycles. The maximum atomic E-state index is 5.57. The highest BCUT2D eigenvalue weighted by Crippen LogP contribution is 2.13. The van der Waals surface area contributed by atoms with E-state index in [0.29, 0.717) is 5.11 Å². The molecule has 4 nitrogen and oxygen atoms in total. The summed E-state index contributed by atoms with van der Waals surface area (Å²) in [4.78, 5) is 1.56. The predicted octanol–water partition coefficient (Wildman–Crippen LogP) is 1.62. The maximum Gasteiger partial charge on any atom is 0.167 e. The molecule has 2 aromatic rings. The Labute approximate surface area is 161 Å². The van der Waals surface area contributed by atoms with Crippen molar-refractivity contribution in [2.75, 3.05) is 32.8 Å². The highest BCUT2D eigenvalue weighted by atomic mass is 32.1. The molecule has 2 aromatic carbocycles. The first-order valence-electron chi connectivity index (χ1n) is 9.27. The quantitative estimate of drug-likeness (QED) is 0.676. The molecule has 0 aromatic heterocycles. The van der Waals surface area contributed by atoms with Gasteiger partial charge in [-0.05, 0) is 30.3 Å². The van der Waals surface area contributed by atoms with Crippen LogP contribution in [-0.4, -0.2) is 38.0 Å². The third kappa shape index (κ3) is 5.80. The first-order chi connectivity index (χ1) is 12.7. The second kappa shape index (κ2) is 9.67. The SMILES string of the molecule is Cc1ccc([C@@H](C[NH+]2CCOCC2)NC(=S)NCc2ccccc2)cc1. The van der Waals surface area contributed by atoms with Crippen molar-refractivity contribution in [3.63, 3.8) is 0 Å². The molecule has 1 fully saturated rings. The molecule has 1 aliphatic heterocycles. The van der Waals surface area contributed by atoms with Gasteiger partial charge >= 0.3 is 0 Å². The summed E-state index contributed by atoms with van der Waals surface area (Å²) in [5.41, 5.74) is 3.77. The van der Waals surface area contributed by atoms with E-state index in [0.717, 1.165) is 39.4 Å². The van der Waals surface area contributed by atoms with Gasteiger partial charge in [0.25, 0.3) is 0 Å². The van der Waals surface area contributed by atoms with Crippen molar-refractivity contribution >= 4 is 17.3 Å². The molecule has 5 heteroatoms. The zero-order chi connectivity index (χ0) is 18.2. The number of hydrogen-bond donors (Lipinski definition) is 3. The van der Waals surface area contributed by atoms with Crippen LogP contribution in [0.25, 0.3) is 0 Å². The molecular formula is C21H28N3OS+. The molecule has 0 saturated carbocycles. The van der Waals surface area contributed by atoms with Crippen LogP contribution in [0, 0.1) is 6.92 Å². The van der Waals surface area contributed by atoms with Crippen molar-refractivity contribution in [3.8, 4) is 0 Å². The second-order valence-corrected chi connectivity index (χ2v) is 7.25. The summed E-state index contributed by atoms with van der Waals surface area (Å²) in [5.74, 6) is 0. The van der Waals surface area contributed by atoms with E-state index in [4.69, 9.17) is 17.0 Å². The van der Waals surface area contributed by atoms with Crippen LogP contribution in [0.2, 0.25) is 0 Å². The van der Waals surface area contributed by atoms with Gasteiger partial charge in [0.2, 0.25) is 0 Å². The number of aryl methyl sites for hydroxylation is 1. The number of rotatable bonds is 6. The van der Waals surface area contributed by atoms with E-state index in [1.807, 2.05) is 18.2 Å². The van der Waals surface area contributed by atoms with E-state index in [-0.39, 0.29) is 6.04 Å². The fourth-order valence-electron chi connectivity index (χ4n) is 3.19. The molecule has 1 aliphatic rings. The standard InChI is InChI=1S/C21H27N3OS/c1-17-7-9-19(10-8-17)20(16-24-11-13-25-14-12-24)23-21(26)22-15-18-5-3-2-4-6-18/h2-10,20H,11-16H2,1H3,(H2,22,23,26)/p+1/t20-/m1/s1. The van der Waals surface area contributed by atoms with Crippen LogP contribution >= 0.6 is 12.2 Å². The van der Waals surface area contributed by atoms with Crippen LogP contribution in [-0.2, 0) is 11.3 Å². The Hall–Kier alpha value is -1.95. The van der Waals surface area contributed by atoms with Gasteiger partial charge in [-0.1, -0.05) is 60.2 Å². The zero-order valence-electron chi connectivity index (χ0n) is 15.3. The number of quaternary nitrogens is 1. The third-order valence-corrected chi connectivity index (χ3v) is 5.04. The normalized spacial score (nSPS) is 16.0. The summed E-state index contributed by atoms with van der Waals surface area (Å²) in [5, 5.41) is 7.56. The monoisotopic (exact) mass is 370 g/mol. The Bertz CT molecular complexity index is 684. The first kappa shape index (κ1) is 18.8. The highest BCUT2D eigenvalue weighted by Gasteiger charge is 2.22. The fraction of sp³-hybridized carbons (Fsp3) is 0.381. The zero-order valence-corrected chi connectivity index (χ0v) is 16.1. The molecule has 26 heavy (non-hydrogen) atoms. The molecule has 0 unspecified atom stereocenters. The van der Waals surface area contributed by atoms with Crippen molar-refractivity contribution in [3.05, 3.63) is 71.3 Å². The van der Waals surface area contributed by atoms with E-state index in [1.165, 1.54) is 16.7 Å². The lowest BCUT2D eigenvalue weighted by molar-refractivity contribution is -0.909. The Balaban J connectivity index is 1.62. The number of ether oxygens (including phenoxy) is 1. The van der Waals surface area contributed by atoms with Crippen LogP contribution in [0.3, 0.4) is 0 Å². The van der Waals surface area contributed by atoms with Gasteiger partial charge in [-0.25, -0.2) is 0 Å². The molecule has 1 saturated heterocycles. The van der Waals surface area contributed by atoms with Crippen molar-refractivity contribution in [2.24, 2.45) is 0 Å². The third-order valence-electron chi connectivity index (χ3n) is 4.77. The van der Waals surface area contributed by atoms with Crippen molar-refractivity contribution in [1.82, 2.24) is 10.6 Å². The molecule has 0 amide bonds. The average molecular weight is 371 g/mol. The Kier molecular flexibility index (Phi) is 7.00. The summed E-state index contributed by atoms with van der Waals surface area (Å²) in [6.07, 6.45) is 0. The minimum atomic E-state index is 0.194. The Morgan fingerprint density at radius 2 is 1.77 bits per heavy atom. The summed E-state index contributed by atoms with van der Waals surface area (Å²) in [6.45, 7) is 7.63. The van der Waals surface area contributed by atoms with Gasteiger partial charge in [0.1, 0.15) is 25.7 Å². The average Bonchev–Trinajstić information content (AvgIpc) is 2.68. The van der Waals surface area contributed by atoms with E-state index >= 15 is 0 Å². The highest BCUT2D eigenvalue weighted by molar-refractivity contribution is 7.80. The lowest BCUT2D eigenvalue weighted by atomic mass is 10.0. The molecule has 0 aliphatic carbocycles. The number of thiocarbonyl (C=S) groups is 1. The van der Waals surface area contributed by atoms with Crippen LogP contribution in [0.5, 0.6) is 0 Å². The van der Waals surface area contributed by atoms with Crippen LogP contribution < -0.4 is 15.5 Å². The molecule has 3 N–H and O–H groups in total. The van der Waals surface area contributed by atoms with E-state index in [1.54, 1.807) is 4.90 Å². The minimum absolute atomic E-state index is 0.194.